The molecule has 15 heavy (non-hydrogen) atoms. The summed E-state index contributed by atoms with van der Waals surface area (Å²) in [5.41, 5.74) is 0.730. The Kier molecular flexibility index (Phi) is 1.89. The fourth-order valence-corrected chi connectivity index (χ4v) is 2.92. The summed E-state index contributed by atoms with van der Waals surface area (Å²) in [5, 5.41) is 6.55. The first-order valence-electron chi connectivity index (χ1n) is 5.61. The SMILES string of the molecule is CC(C)N1CC2C(C1)C2c1[nH]ncc1F. The summed E-state index contributed by atoms with van der Waals surface area (Å²) in [4.78, 5) is 2.47. The average Bonchev–Trinajstić information content (AvgIpc) is 2.63. The number of hydrogen-bond acceptors (Lipinski definition) is 2. The van der Waals surface area contributed by atoms with Gasteiger partial charge in [0.1, 0.15) is 0 Å². The Hall–Kier alpha value is -0.900. The summed E-state index contributed by atoms with van der Waals surface area (Å²) in [5.74, 6) is 1.55. The first-order chi connectivity index (χ1) is 7.18. The van der Waals surface area contributed by atoms with Gasteiger partial charge in [-0.25, -0.2) is 4.39 Å². The Morgan fingerprint density at radius 1 is 1.47 bits per heavy atom. The normalized spacial score (nSPS) is 34.8. The number of nitrogens with zero attached hydrogens (tertiary/aromatic N) is 2. The third-order valence-corrected chi connectivity index (χ3v) is 3.91. The van der Waals surface area contributed by atoms with Gasteiger partial charge in [-0.2, -0.15) is 5.10 Å². The summed E-state index contributed by atoms with van der Waals surface area (Å²) in [6.45, 7) is 6.67. The minimum Gasteiger partial charge on any atom is -0.300 e. The zero-order valence-corrected chi connectivity index (χ0v) is 9.07. The molecule has 0 aromatic carbocycles. The largest absolute Gasteiger partial charge is 0.300 e. The second-order valence-corrected chi connectivity index (χ2v) is 5.03. The van der Waals surface area contributed by atoms with Crippen LogP contribution in [-0.2, 0) is 0 Å². The first kappa shape index (κ1) is 9.33. The molecule has 1 aliphatic heterocycles. The molecular formula is C11H16FN3. The van der Waals surface area contributed by atoms with Crippen molar-refractivity contribution in [3.63, 3.8) is 0 Å². The Morgan fingerprint density at radius 3 is 2.60 bits per heavy atom. The number of likely N-dealkylation sites (tertiary alicyclic amines) is 1. The van der Waals surface area contributed by atoms with E-state index in [9.17, 15) is 4.39 Å². The lowest BCUT2D eigenvalue weighted by atomic mass is 10.2. The van der Waals surface area contributed by atoms with Crippen LogP contribution in [0.15, 0.2) is 6.20 Å². The first-order valence-corrected chi connectivity index (χ1v) is 5.61. The van der Waals surface area contributed by atoms with Gasteiger partial charge < -0.3 is 4.90 Å². The van der Waals surface area contributed by atoms with E-state index in [1.54, 1.807) is 0 Å². The van der Waals surface area contributed by atoms with Gasteiger partial charge in [0.2, 0.25) is 0 Å². The lowest BCUT2D eigenvalue weighted by Gasteiger charge is -2.23. The van der Waals surface area contributed by atoms with E-state index in [0.717, 1.165) is 18.8 Å². The molecule has 2 heterocycles. The van der Waals surface area contributed by atoms with Gasteiger partial charge in [0.05, 0.1) is 11.9 Å². The predicted octanol–water partition coefficient (Wildman–Crippen LogP) is 1.60. The Labute approximate surface area is 88.7 Å². The van der Waals surface area contributed by atoms with E-state index in [2.05, 4.69) is 28.9 Å². The van der Waals surface area contributed by atoms with Crippen LogP contribution in [0.25, 0.3) is 0 Å². The van der Waals surface area contributed by atoms with Gasteiger partial charge in [-0.05, 0) is 25.7 Å². The molecule has 0 amide bonds. The van der Waals surface area contributed by atoms with Crippen molar-refractivity contribution in [1.82, 2.24) is 15.1 Å². The van der Waals surface area contributed by atoms with Gasteiger partial charge in [-0.3, -0.25) is 5.10 Å². The summed E-state index contributed by atoms with van der Waals surface area (Å²) in [6, 6.07) is 0.616. The quantitative estimate of drug-likeness (QED) is 0.802. The molecule has 2 unspecified atom stereocenters. The van der Waals surface area contributed by atoms with Crippen LogP contribution < -0.4 is 0 Å². The van der Waals surface area contributed by atoms with Crippen molar-refractivity contribution in [3.05, 3.63) is 17.7 Å². The number of rotatable bonds is 2. The maximum atomic E-state index is 13.3. The van der Waals surface area contributed by atoms with Crippen molar-refractivity contribution in [2.75, 3.05) is 13.1 Å². The minimum absolute atomic E-state index is 0.162. The second-order valence-electron chi connectivity index (χ2n) is 5.03. The summed E-state index contributed by atoms with van der Waals surface area (Å²) < 4.78 is 13.3. The molecule has 2 atom stereocenters. The van der Waals surface area contributed by atoms with Crippen LogP contribution in [0.3, 0.4) is 0 Å². The number of halogens is 1. The number of aromatic amines is 1. The Bertz CT molecular complexity index is 362. The molecule has 4 heteroatoms. The van der Waals surface area contributed by atoms with Gasteiger partial charge in [-0.15, -0.1) is 0 Å². The second kappa shape index (κ2) is 3.04. The van der Waals surface area contributed by atoms with Gasteiger partial charge in [0.25, 0.3) is 0 Å². The molecule has 1 saturated heterocycles. The molecule has 0 spiro atoms. The lowest BCUT2D eigenvalue weighted by Crippen LogP contribution is -2.31. The number of aromatic nitrogens is 2. The molecular weight excluding hydrogens is 193 g/mol. The fourth-order valence-electron chi connectivity index (χ4n) is 2.92. The van der Waals surface area contributed by atoms with Gasteiger partial charge in [0, 0.05) is 25.0 Å². The molecule has 2 fully saturated rings. The average molecular weight is 209 g/mol. The van der Waals surface area contributed by atoms with E-state index in [1.807, 2.05) is 0 Å². The molecule has 3 nitrogen and oxygen atoms in total. The van der Waals surface area contributed by atoms with E-state index in [0.29, 0.717) is 23.8 Å². The Balaban J connectivity index is 1.71. The van der Waals surface area contributed by atoms with Crippen LogP contribution in [0.2, 0.25) is 0 Å². The highest BCUT2D eigenvalue weighted by atomic mass is 19.1. The molecule has 1 saturated carbocycles. The van der Waals surface area contributed by atoms with E-state index >= 15 is 0 Å². The highest BCUT2D eigenvalue weighted by molar-refractivity contribution is 5.25. The molecule has 0 bridgehead atoms. The maximum absolute atomic E-state index is 13.3. The lowest BCUT2D eigenvalue weighted by molar-refractivity contribution is 0.242. The highest BCUT2D eigenvalue weighted by Gasteiger charge is 2.57. The summed E-state index contributed by atoms with van der Waals surface area (Å²) >= 11 is 0. The highest BCUT2D eigenvalue weighted by Crippen LogP contribution is 2.58. The van der Waals surface area contributed by atoms with E-state index in [1.165, 1.54) is 6.20 Å². The molecule has 1 N–H and O–H groups in total. The van der Waals surface area contributed by atoms with E-state index in [4.69, 9.17) is 0 Å². The number of nitrogens with one attached hydrogen (secondary N) is 1. The van der Waals surface area contributed by atoms with E-state index < -0.39 is 0 Å². The van der Waals surface area contributed by atoms with Gasteiger partial charge in [0.15, 0.2) is 5.82 Å². The molecule has 1 aromatic rings. The predicted molar refractivity (Wildman–Crippen MR) is 55.0 cm³/mol. The molecule has 1 aliphatic carbocycles. The van der Waals surface area contributed by atoms with Crippen LogP contribution in [0.1, 0.15) is 25.5 Å². The third-order valence-electron chi connectivity index (χ3n) is 3.91. The van der Waals surface area contributed by atoms with Crippen LogP contribution >= 0.6 is 0 Å². The number of hydrogen-bond donors (Lipinski definition) is 1. The van der Waals surface area contributed by atoms with Gasteiger partial charge >= 0.3 is 0 Å². The summed E-state index contributed by atoms with van der Waals surface area (Å²) in [6.07, 6.45) is 1.28. The topological polar surface area (TPSA) is 31.9 Å². The summed E-state index contributed by atoms with van der Waals surface area (Å²) in [7, 11) is 0. The molecule has 1 aromatic heterocycles. The van der Waals surface area contributed by atoms with Crippen LogP contribution in [0.5, 0.6) is 0 Å². The van der Waals surface area contributed by atoms with Crippen molar-refractivity contribution < 1.29 is 4.39 Å². The van der Waals surface area contributed by atoms with E-state index in [-0.39, 0.29) is 5.82 Å². The monoisotopic (exact) mass is 209 g/mol. The molecule has 3 rings (SSSR count). The number of piperidine rings is 1. The third kappa shape index (κ3) is 1.31. The zero-order valence-electron chi connectivity index (χ0n) is 9.07. The molecule has 2 aliphatic rings. The standard InChI is InChI=1S/C11H16FN3/c1-6(2)15-4-7-8(5-15)10(7)11-9(12)3-13-14-11/h3,6-8,10H,4-5H2,1-2H3,(H,13,14). The zero-order chi connectivity index (χ0) is 10.6. The van der Waals surface area contributed by atoms with Crippen LogP contribution in [0, 0.1) is 17.7 Å². The Morgan fingerprint density at radius 2 is 2.13 bits per heavy atom. The number of fused-ring (bicyclic) bond motifs is 1. The smallest absolute Gasteiger partial charge is 0.164 e. The van der Waals surface area contributed by atoms with Crippen molar-refractivity contribution in [2.45, 2.75) is 25.8 Å². The molecule has 0 radical (unpaired) electrons. The number of H-pyrrole nitrogens is 1. The van der Waals surface area contributed by atoms with Crippen molar-refractivity contribution in [3.8, 4) is 0 Å². The van der Waals surface area contributed by atoms with Crippen LogP contribution in [-0.4, -0.2) is 34.2 Å². The maximum Gasteiger partial charge on any atom is 0.164 e. The van der Waals surface area contributed by atoms with Crippen LogP contribution in [0.4, 0.5) is 4.39 Å². The fraction of sp³-hybridized carbons (Fsp3) is 0.727. The van der Waals surface area contributed by atoms with Crippen molar-refractivity contribution >= 4 is 0 Å². The van der Waals surface area contributed by atoms with Gasteiger partial charge in [-0.1, -0.05) is 0 Å². The molecule has 82 valence electrons. The van der Waals surface area contributed by atoms with Crippen molar-refractivity contribution in [2.24, 2.45) is 11.8 Å². The van der Waals surface area contributed by atoms with Crippen molar-refractivity contribution in [1.29, 1.82) is 0 Å². The minimum atomic E-state index is -0.162.